The highest BCUT2D eigenvalue weighted by Gasteiger charge is 2.41. The molecule has 2 aromatic rings. The summed E-state index contributed by atoms with van der Waals surface area (Å²) < 4.78 is 0. The van der Waals surface area contributed by atoms with Crippen molar-refractivity contribution in [3.63, 3.8) is 0 Å². The van der Waals surface area contributed by atoms with Gasteiger partial charge in [-0.15, -0.1) is 0 Å². The molecule has 0 amide bonds. The standard InChI is InChI=1S/C6N8O8/c15-11(16)3-1-2(8-10-5(3)13(19)20)4(12(17)18)6(9-7-1)14(21)22. The fourth-order valence-electron chi connectivity index (χ4n) is 1.50. The van der Waals surface area contributed by atoms with Crippen molar-refractivity contribution in [3.8, 4) is 0 Å². The molecule has 0 bridgehead atoms. The van der Waals surface area contributed by atoms with Crippen LogP contribution in [0.25, 0.3) is 11.0 Å². The van der Waals surface area contributed by atoms with Crippen LogP contribution in [0.4, 0.5) is 23.0 Å². The molecule has 0 aliphatic carbocycles. The molecular formula is C6N8O8. The molecule has 0 saturated carbocycles. The van der Waals surface area contributed by atoms with E-state index >= 15 is 0 Å². The molecule has 0 fully saturated rings. The van der Waals surface area contributed by atoms with E-state index in [0.29, 0.717) is 0 Å². The van der Waals surface area contributed by atoms with Gasteiger partial charge in [-0.25, -0.2) is 0 Å². The van der Waals surface area contributed by atoms with Crippen LogP contribution < -0.4 is 0 Å². The largest absolute Gasteiger partial charge is 0.470 e. The number of hydrogen-bond donors (Lipinski definition) is 0. The van der Waals surface area contributed by atoms with Gasteiger partial charge in [0.15, 0.2) is 0 Å². The van der Waals surface area contributed by atoms with Crippen molar-refractivity contribution in [3.05, 3.63) is 40.5 Å². The third kappa shape index (κ3) is 2.05. The second-order valence-electron chi connectivity index (χ2n) is 3.47. The van der Waals surface area contributed by atoms with Gasteiger partial charge in [0.25, 0.3) is 0 Å². The van der Waals surface area contributed by atoms with Crippen LogP contribution in [0.1, 0.15) is 0 Å². The lowest BCUT2D eigenvalue weighted by atomic mass is 10.3. The summed E-state index contributed by atoms with van der Waals surface area (Å²) in [6.07, 6.45) is 0. The zero-order valence-electron chi connectivity index (χ0n) is 9.84. The van der Waals surface area contributed by atoms with Gasteiger partial charge in [0.1, 0.15) is 0 Å². The Balaban J connectivity index is 3.03. The number of fused-ring (bicyclic) bond motifs is 1. The SMILES string of the molecule is O=[N+]([O-])c1nnc2c([N+](=O)[O-])c([N+](=O)[O-])nnc2c1[N+](=O)[O-]. The third-order valence-corrected chi connectivity index (χ3v) is 2.30. The minimum Gasteiger partial charge on any atom is -0.358 e. The minimum atomic E-state index is -1.32. The summed E-state index contributed by atoms with van der Waals surface area (Å²) in [6, 6.07) is 0. The number of aromatic nitrogens is 4. The molecule has 16 nitrogen and oxygen atoms in total. The lowest BCUT2D eigenvalue weighted by molar-refractivity contribution is -0.427. The molecule has 22 heavy (non-hydrogen) atoms. The smallest absolute Gasteiger partial charge is 0.358 e. The van der Waals surface area contributed by atoms with Gasteiger partial charge in [0.05, 0.1) is 20.0 Å². The number of rotatable bonds is 4. The lowest BCUT2D eigenvalue weighted by Gasteiger charge is -1.97. The number of nitro groups is 4. The van der Waals surface area contributed by atoms with Gasteiger partial charge in [-0.2, -0.15) is 0 Å². The average Bonchev–Trinajstić information content (AvgIpc) is 2.43. The van der Waals surface area contributed by atoms with Gasteiger partial charge in [-0.05, 0) is 20.0 Å². The molecule has 2 rings (SSSR count). The van der Waals surface area contributed by atoms with Crippen LogP contribution in [0, 0.1) is 40.5 Å². The van der Waals surface area contributed by atoms with Crippen molar-refractivity contribution < 1.29 is 19.7 Å². The Morgan fingerprint density at radius 2 is 0.864 bits per heavy atom. The first kappa shape index (κ1) is 14.4. The fourth-order valence-corrected chi connectivity index (χ4v) is 1.50. The number of nitrogens with zero attached hydrogens (tertiary/aromatic N) is 8. The maximum absolute atomic E-state index is 10.9. The van der Waals surface area contributed by atoms with E-state index in [1.54, 1.807) is 0 Å². The molecule has 0 aliphatic rings. The Morgan fingerprint density at radius 1 is 0.545 bits per heavy atom. The highest BCUT2D eigenvalue weighted by Crippen LogP contribution is 2.36. The summed E-state index contributed by atoms with van der Waals surface area (Å²) in [7, 11) is 0. The van der Waals surface area contributed by atoms with Crippen molar-refractivity contribution in [2.24, 2.45) is 0 Å². The van der Waals surface area contributed by atoms with E-state index in [0.717, 1.165) is 0 Å². The zero-order valence-corrected chi connectivity index (χ0v) is 9.84. The van der Waals surface area contributed by atoms with E-state index in [9.17, 15) is 40.5 Å². The maximum atomic E-state index is 10.9. The molecule has 0 saturated heterocycles. The first-order chi connectivity index (χ1) is 10.3. The van der Waals surface area contributed by atoms with Crippen LogP contribution in [0.5, 0.6) is 0 Å². The van der Waals surface area contributed by atoms with E-state index in [1.165, 1.54) is 0 Å². The predicted molar refractivity (Wildman–Crippen MR) is 61.7 cm³/mol. The van der Waals surface area contributed by atoms with Gasteiger partial charge < -0.3 is 20.2 Å². The first-order valence-electron chi connectivity index (χ1n) is 4.90. The highest BCUT2D eigenvalue weighted by atomic mass is 16.6. The van der Waals surface area contributed by atoms with Gasteiger partial charge in [0, 0.05) is 0 Å². The molecule has 0 aliphatic heterocycles. The Hall–Kier alpha value is -3.98. The molecular weight excluding hydrogens is 312 g/mol. The second-order valence-corrected chi connectivity index (χ2v) is 3.47. The van der Waals surface area contributed by atoms with Crippen molar-refractivity contribution in [2.45, 2.75) is 0 Å². The van der Waals surface area contributed by atoms with E-state index in [2.05, 4.69) is 20.4 Å². The predicted octanol–water partition coefficient (Wildman–Crippen LogP) is 0.0526. The van der Waals surface area contributed by atoms with Crippen LogP contribution in [0.3, 0.4) is 0 Å². The summed E-state index contributed by atoms with van der Waals surface area (Å²) in [5.41, 5.74) is -4.52. The normalized spacial score (nSPS) is 10.4. The van der Waals surface area contributed by atoms with E-state index in [4.69, 9.17) is 0 Å². The van der Waals surface area contributed by atoms with Crippen LogP contribution >= 0.6 is 0 Å². The summed E-state index contributed by atoms with van der Waals surface area (Å²) in [4.78, 5) is 38.1. The molecule has 16 heteroatoms. The van der Waals surface area contributed by atoms with Crippen LogP contribution in [0.15, 0.2) is 0 Å². The quantitative estimate of drug-likeness (QED) is 0.538. The zero-order chi connectivity index (χ0) is 16.6. The Bertz CT molecular complexity index is 792. The molecule has 0 unspecified atom stereocenters. The van der Waals surface area contributed by atoms with Gasteiger partial charge in [0.2, 0.25) is 11.0 Å². The Morgan fingerprint density at radius 3 is 1.09 bits per heavy atom. The topological polar surface area (TPSA) is 224 Å². The lowest BCUT2D eigenvalue weighted by Crippen LogP contribution is -2.08. The molecule has 0 spiro atoms. The summed E-state index contributed by atoms with van der Waals surface area (Å²) in [6.45, 7) is 0. The van der Waals surface area contributed by atoms with Gasteiger partial charge in [-0.3, -0.25) is 20.2 Å². The molecule has 0 radical (unpaired) electrons. The Labute approximate surface area is 116 Å². The summed E-state index contributed by atoms with van der Waals surface area (Å²) >= 11 is 0. The Kier molecular flexibility index (Phi) is 3.18. The summed E-state index contributed by atoms with van der Waals surface area (Å²) in [5.74, 6) is -2.65. The molecule has 112 valence electrons. The fraction of sp³-hybridized carbons (Fsp3) is 0. The van der Waals surface area contributed by atoms with E-state index in [1.807, 2.05) is 0 Å². The van der Waals surface area contributed by atoms with Crippen molar-refractivity contribution in [2.75, 3.05) is 0 Å². The molecule has 0 N–H and O–H groups in total. The van der Waals surface area contributed by atoms with Gasteiger partial charge in [-0.1, -0.05) is 0 Å². The van der Waals surface area contributed by atoms with Crippen LogP contribution in [-0.4, -0.2) is 40.1 Å². The van der Waals surface area contributed by atoms with Crippen LogP contribution in [0.2, 0.25) is 0 Å². The monoisotopic (exact) mass is 312 g/mol. The third-order valence-electron chi connectivity index (χ3n) is 2.30. The van der Waals surface area contributed by atoms with Crippen molar-refractivity contribution >= 4 is 34.0 Å². The first-order valence-corrected chi connectivity index (χ1v) is 4.90. The molecule has 0 aromatic carbocycles. The summed E-state index contributed by atoms with van der Waals surface area (Å²) in [5, 5.41) is 55.0. The van der Waals surface area contributed by atoms with Gasteiger partial charge >= 0.3 is 23.0 Å². The second kappa shape index (κ2) is 4.85. The molecule has 0 atom stereocenters. The molecule has 2 aromatic heterocycles. The average molecular weight is 312 g/mol. The molecule has 2 heterocycles. The van der Waals surface area contributed by atoms with Crippen molar-refractivity contribution in [1.82, 2.24) is 20.4 Å². The van der Waals surface area contributed by atoms with Crippen LogP contribution in [-0.2, 0) is 0 Å². The van der Waals surface area contributed by atoms with E-state index in [-0.39, 0.29) is 0 Å². The minimum absolute atomic E-state index is 0.955. The maximum Gasteiger partial charge on any atom is 0.470 e. The number of hydrogen-bond acceptors (Lipinski definition) is 12. The highest BCUT2D eigenvalue weighted by molar-refractivity contribution is 5.94. The van der Waals surface area contributed by atoms with E-state index < -0.39 is 53.7 Å². The van der Waals surface area contributed by atoms with Crippen molar-refractivity contribution in [1.29, 1.82) is 0 Å².